The summed E-state index contributed by atoms with van der Waals surface area (Å²) >= 11 is 1.71. The molecule has 2 aromatic rings. The fraction of sp³-hybridized carbons (Fsp3) is 0.524. The van der Waals surface area contributed by atoms with Crippen molar-refractivity contribution in [2.24, 2.45) is 5.41 Å². The zero-order valence-electron chi connectivity index (χ0n) is 15.8. The van der Waals surface area contributed by atoms with Crippen molar-refractivity contribution < 1.29 is 9.84 Å². The third kappa shape index (κ3) is 3.84. The second-order valence-electron chi connectivity index (χ2n) is 7.41. The zero-order valence-corrected chi connectivity index (χ0v) is 16.6. The molecule has 0 radical (unpaired) electrons. The van der Waals surface area contributed by atoms with Crippen LogP contribution in [0.15, 0.2) is 47.8 Å². The highest BCUT2D eigenvalue weighted by Gasteiger charge is 2.56. The average molecular weight is 386 g/mol. The first-order valence-electron chi connectivity index (χ1n) is 9.74. The van der Waals surface area contributed by atoms with Gasteiger partial charge in [-0.2, -0.15) is 0 Å². The summed E-state index contributed by atoms with van der Waals surface area (Å²) in [6.07, 6.45) is 6.34. The van der Waals surface area contributed by atoms with Gasteiger partial charge in [0, 0.05) is 37.3 Å². The van der Waals surface area contributed by atoms with Gasteiger partial charge in [0.15, 0.2) is 0 Å². The van der Waals surface area contributed by atoms with Gasteiger partial charge < -0.3 is 14.7 Å². The number of aliphatic hydroxyl groups is 1. The number of hydrogen-bond acceptors (Lipinski definition) is 6. The molecule has 6 heteroatoms. The largest absolute Gasteiger partial charge is 0.392 e. The number of ether oxygens (including phenoxy) is 1. The van der Waals surface area contributed by atoms with Crippen LogP contribution in [0.3, 0.4) is 0 Å². The van der Waals surface area contributed by atoms with Gasteiger partial charge in [0.2, 0.25) is 0 Å². The van der Waals surface area contributed by atoms with Crippen molar-refractivity contribution in [3.63, 3.8) is 0 Å². The third-order valence-corrected chi connectivity index (χ3v) is 6.93. The molecular weight excluding hydrogens is 358 g/mol. The summed E-state index contributed by atoms with van der Waals surface area (Å²) in [4.78, 5) is 11.5. The number of nitrogens with zero attached hydrogens (tertiary/aromatic N) is 3. The van der Waals surface area contributed by atoms with Crippen molar-refractivity contribution in [2.45, 2.75) is 49.2 Å². The minimum Gasteiger partial charge on any atom is -0.392 e. The van der Waals surface area contributed by atoms with E-state index in [1.165, 1.54) is 5.56 Å². The lowest BCUT2D eigenvalue weighted by Crippen LogP contribution is -2.62. The summed E-state index contributed by atoms with van der Waals surface area (Å²) in [6, 6.07) is 10.4. The van der Waals surface area contributed by atoms with Crippen LogP contribution in [0.25, 0.3) is 0 Å². The summed E-state index contributed by atoms with van der Waals surface area (Å²) in [5.74, 6) is 1.83. The molecule has 2 fully saturated rings. The molecular formula is C21H27N3O2S. The summed E-state index contributed by atoms with van der Waals surface area (Å²) < 4.78 is 5.87. The number of rotatable bonds is 6. The first kappa shape index (κ1) is 18.7. The van der Waals surface area contributed by atoms with E-state index in [2.05, 4.69) is 34.1 Å². The quantitative estimate of drug-likeness (QED) is 0.768. The maximum Gasteiger partial charge on any atom is 0.148 e. The topological polar surface area (TPSA) is 58.5 Å². The molecule has 27 heavy (non-hydrogen) atoms. The highest BCUT2D eigenvalue weighted by molar-refractivity contribution is 7.98. The van der Waals surface area contributed by atoms with Gasteiger partial charge in [0.05, 0.1) is 24.6 Å². The van der Waals surface area contributed by atoms with Gasteiger partial charge in [0.25, 0.3) is 0 Å². The Balaban J connectivity index is 1.37. The van der Waals surface area contributed by atoms with Crippen LogP contribution in [0.4, 0.5) is 5.82 Å². The number of hydrogen-bond donors (Lipinski definition) is 1. The molecule has 0 amide bonds. The predicted octanol–water partition coefficient (Wildman–Crippen LogP) is 3.53. The van der Waals surface area contributed by atoms with Gasteiger partial charge in [-0.3, -0.25) is 4.98 Å². The van der Waals surface area contributed by atoms with Crippen LogP contribution in [-0.4, -0.2) is 47.0 Å². The van der Waals surface area contributed by atoms with E-state index in [0.29, 0.717) is 0 Å². The first-order valence-corrected chi connectivity index (χ1v) is 10.7. The van der Waals surface area contributed by atoms with E-state index < -0.39 is 0 Å². The maximum atomic E-state index is 10.4. The highest BCUT2D eigenvalue weighted by atomic mass is 32.2. The molecule has 2 unspecified atom stereocenters. The lowest BCUT2D eigenvalue weighted by molar-refractivity contribution is -0.199. The van der Waals surface area contributed by atoms with Crippen LogP contribution in [0.2, 0.25) is 0 Å². The molecule has 1 aliphatic heterocycles. The molecule has 1 aromatic heterocycles. The molecule has 1 aliphatic carbocycles. The van der Waals surface area contributed by atoms with E-state index in [4.69, 9.17) is 9.72 Å². The minimum absolute atomic E-state index is 0.0559. The first-order chi connectivity index (χ1) is 13.2. The number of aliphatic hydroxyl groups excluding tert-OH is 1. The van der Waals surface area contributed by atoms with E-state index in [1.807, 2.05) is 25.4 Å². The molecule has 1 saturated heterocycles. The summed E-state index contributed by atoms with van der Waals surface area (Å²) in [7, 11) is 0. The monoisotopic (exact) mass is 385 g/mol. The number of anilines is 1. The molecule has 2 aliphatic rings. The van der Waals surface area contributed by atoms with E-state index in [-0.39, 0.29) is 17.6 Å². The van der Waals surface area contributed by atoms with Gasteiger partial charge in [0.1, 0.15) is 10.8 Å². The summed E-state index contributed by atoms with van der Waals surface area (Å²) in [6.45, 7) is 4.53. The molecule has 0 bridgehead atoms. The van der Waals surface area contributed by atoms with Gasteiger partial charge >= 0.3 is 0 Å². The van der Waals surface area contributed by atoms with Crippen molar-refractivity contribution in [1.29, 1.82) is 0 Å². The molecule has 2 atom stereocenters. The fourth-order valence-electron chi connectivity index (χ4n) is 4.26. The van der Waals surface area contributed by atoms with Crippen LogP contribution >= 0.6 is 11.8 Å². The van der Waals surface area contributed by atoms with E-state index in [0.717, 1.165) is 55.6 Å². The lowest BCUT2D eigenvalue weighted by atomic mass is 9.58. The molecule has 1 N–H and O–H groups in total. The Hall–Kier alpha value is -1.63. The zero-order chi connectivity index (χ0) is 18.7. The van der Waals surface area contributed by atoms with Gasteiger partial charge in [-0.1, -0.05) is 30.3 Å². The maximum absolute atomic E-state index is 10.4. The second-order valence-corrected chi connectivity index (χ2v) is 8.40. The van der Waals surface area contributed by atoms with Crippen LogP contribution in [0.5, 0.6) is 0 Å². The molecule has 5 nitrogen and oxygen atoms in total. The van der Waals surface area contributed by atoms with Gasteiger partial charge in [-0.05, 0) is 25.3 Å². The van der Waals surface area contributed by atoms with Crippen molar-refractivity contribution in [1.82, 2.24) is 9.97 Å². The number of thioether (sulfide) groups is 1. The van der Waals surface area contributed by atoms with E-state index >= 15 is 0 Å². The van der Waals surface area contributed by atoms with Crippen molar-refractivity contribution in [2.75, 3.05) is 24.6 Å². The van der Waals surface area contributed by atoms with E-state index in [1.54, 1.807) is 11.8 Å². The fourth-order valence-corrected chi connectivity index (χ4v) is 5.06. The minimum atomic E-state index is -0.227. The Morgan fingerprint density at radius 3 is 2.70 bits per heavy atom. The SMILES string of the molecule is CCOC1CC(O)C12CCN(c1cncc(SCc3ccccc3)n1)CC2. The molecule has 1 aromatic carbocycles. The highest BCUT2D eigenvalue weighted by Crippen LogP contribution is 2.51. The Kier molecular flexibility index (Phi) is 5.66. The van der Waals surface area contributed by atoms with Crippen molar-refractivity contribution in [3.8, 4) is 0 Å². The average Bonchev–Trinajstić information content (AvgIpc) is 2.73. The standard InChI is InChI=1S/C21H27N3O2S/c1-2-26-18-12-17(25)21(18)8-10-24(11-9-21)19-13-22-14-20(23-19)27-15-16-6-4-3-5-7-16/h3-7,13-14,17-18,25H,2,8-12,15H2,1H3. The van der Waals surface area contributed by atoms with Crippen molar-refractivity contribution >= 4 is 17.6 Å². The summed E-state index contributed by atoms with van der Waals surface area (Å²) in [5.41, 5.74) is 1.23. The Labute approximate surface area is 165 Å². The van der Waals surface area contributed by atoms with Crippen LogP contribution < -0.4 is 4.90 Å². The number of aromatic nitrogens is 2. The van der Waals surface area contributed by atoms with Gasteiger partial charge in [-0.25, -0.2) is 4.98 Å². The van der Waals surface area contributed by atoms with Crippen LogP contribution in [0, 0.1) is 5.41 Å². The second kappa shape index (κ2) is 8.17. The molecule has 1 saturated carbocycles. The van der Waals surface area contributed by atoms with Crippen molar-refractivity contribution in [3.05, 3.63) is 48.3 Å². The molecule has 4 rings (SSSR count). The predicted molar refractivity (Wildman–Crippen MR) is 108 cm³/mol. The smallest absolute Gasteiger partial charge is 0.148 e. The van der Waals surface area contributed by atoms with Crippen LogP contribution in [-0.2, 0) is 10.5 Å². The normalized spacial score (nSPS) is 24.0. The Morgan fingerprint density at radius 2 is 2.00 bits per heavy atom. The molecule has 2 heterocycles. The number of benzene rings is 1. The number of piperidine rings is 1. The third-order valence-electron chi connectivity index (χ3n) is 5.96. The summed E-state index contributed by atoms with van der Waals surface area (Å²) in [5, 5.41) is 11.3. The van der Waals surface area contributed by atoms with Gasteiger partial charge in [-0.15, -0.1) is 11.8 Å². The van der Waals surface area contributed by atoms with E-state index in [9.17, 15) is 5.11 Å². The Bertz CT molecular complexity index is 748. The molecule has 1 spiro atoms. The lowest BCUT2D eigenvalue weighted by Gasteiger charge is -2.56. The Morgan fingerprint density at radius 1 is 1.22 bits per heavy atom. The van der Waals surface area contributed by atoms with Crippen LogP contribution in [0.1, 0.15) is 31.7 Å². The molecule has 144 valence electrons.